The minimum atomic E-state index is -3.64. The maximum Gasteiger partial charge on any atom is 0.328 e. The highest BCUT2D eigenvalue weighted by atomic mass is 31.2. The van der Waals surface area contributed by atoms with Crippen LogP contribution >= 0.6 is 7.60 Å². The predicted molar refractivity (Wildman–Crippen MR) is 72.4 cm³/mol. The van der Waals surface area contributed by atoms with Gasteiger partial charge in [0.05, 0.1) is 19.4 Å². The molecular weight excluding hydrogens is 267 g/mol. The van der Waals surface area contributed by atoms with E-state index in [0.717, 1.165) is 5.56 Å². The Labute approximate surface area is 113 Å². The Balaban J connectivity index is 2.63. The van der Waals surface area contributed by atoms with Gasteiger partial charge in [-0.15, -0.1) is 0 Å². The van der Waals surface area contributed by atoms with E-state index < -0.39 is 7.60 Å². The monoisotopic (exact) mass is 286 g/mol. The number of ether oxygens (including phenoxy) is 1. The summed E-state index contributed by atoms with van der Waals surface area (Å²) < 4.78 is 21.2. The number of Topliss-reactive ketones (excluding diaryl/α,β-unsaturated/α-hetero) is 1. The highest BCUT2D eigenvalue weighted by Crippen LogP contribution is 2.42. The molecule has 0 fully saturated rings. The van der Waals surface area contributed by atoms with Crippen molar-refractivity contribution in [2.24, 2.45) is 0 Å². The number of benzene rings is 1. The Morgan fingerprint density at radius 3 is 2.79 bits per heavy atom. The third-order valence-electron chi connectivity index (χ3n) is 2.51. The van der Waals surface area contributed by atoms with Gasteiger partial charge < -0.3 is 14.2 Å². The average molecular weight is 286 g/mol. The molecule has 1 atom stereocenters. The molecule has 1 unspecified atom stereocenters. The second kappa shape index (κ2) is 7.56. The van der Waals surface area contributed by atoms with Gasteiger partial charge in [-0.25, -0.2) is 0 Å². The van der Waals surface area contributed by atoms with E-state index in [1.807, 2.05) is 6.07 Å². The minimum absolute atomic E-state index is 0.00971. The van der Waals surface area contributed by atoms with Crippen LogP contribution in [0.15, 0.2) is 24.3 Å². The third-order valence-corrected chi connectivity index (χ3v) is 3.96. The first kappa shape index (κ1) is 16.1. The summed E-state index contributed by atoms with van der Waals surface area (Å²) in [7, 11) is -2.05. The molecule has 0 bridgehead atoms. The Hall–Kier alpha value is -1.00. The first-order chi connectivity index (χ1) is 8.98. The van der Waals surface area contributed by atoms with Crippen molar-refractivity contribution in [1.29, 1.82) is 0 Å². The Morgan fingerprint density at radius 1 is 1.42 bits per heavy atom. The SMILES string of the molecule is CCOP(=O)(O)CCC(=O)c1cccc(COC)c1. The second-order valence-electron chi connectivity index (χ2n) is 4.09. The van der Waals surface area contributed by atoms with E-state index in [-0.39, 0.29) is 25.0 Å². The zero-order valence-electron chi connectivity index (χ0n) is 11.2. The van der Waals surface area contributed by atoms with Crippen molar-refractivity contribution in [1.82, 2.24) is 0 Å². The molecule has 0 aromatic heterocycles. The van der Waals surface area contributed by atoms with E-state index >= 15 is 0 Å². The largest absolute Gasteiger partial charge is 0.380 e. The summed E-state index contributed by atoms with van der Waals surface area (Å²) >= 11 is 0. The van der Waals surface area contributed by atoms with Crippen LogP contribution in [0.5, 0.6) is 0 Å². The van der Waals surface area contributed by atoms with Crippen LogP contribution in [0, 0.1) is 0 Å². The van der Waals surface area contributed by atoms with E-state index in [2.05, 4.69) is 0 Å². The number of methoxy groups -OCH3 is 1. The standard InChI is InChI=1S/C13H19O5P/c1-3-18-19(15,16)8-7-13(14)12-6-4-5-11(9-12)10-17-2/h4-6,9H,3,7-8,10H2,1-2H3,(H,15,16). The van der Waals surface area contributed by atoms with Crippen molar-refractivity contribution < 1.29 is 23.5 Å². The molecule has 0 amide bonds. The third kappa shape index (κ3) is 5.66. The molecule has 0 spiro atoms. The van der Waals surface area contributed by atoms with Gasteiger partial charge in [0.1, 0.15) is 0 Å². The van der Waals surface area contributed by atoms with E-state index in [9.17, 15) is 14.3 Å². The van der Waals surface area contributed by atoms with Gasteiger partial charge in [0.15, 0.2) is 5.78 Å². The van der Waals surface area contributed by atoms with Crippen molar-refractivity contribution in [3.63, 3.8) is 0 Å². The predicted octanol–water partition coefficient (Wildman–Crippen LogP) is 2.63. The van der Waals surface area contributed by atoms with Crippen LogP contribution in [0.3, 0.4) is 0 Å². The van der Waals surface area contributed by atoms with Crippen LogP contribution in [0.25, 0.3) is 0 Å². The van der Waals surface area contributed by atoms with Crippen LogP contribution in [-0.2, 0) is 20.4 Å². The molecule has 1 N–H and O–H groups in total. The van der Waals surface area contributed by atoms with Gasteiger partial charge in [-0.05, 0) is 18.6 Å². The summed E-state index contributed by atoms with van der Waals surface area (Å²) in [5.74, 6) is -0.174. The zero-order valence-corrected chi connectivity index (χ0v) is 12.1. The number of carbonyl (C=O) groups excluding carboxylic acids is 1. The average Bonchev–Trinajstić information content (AvgIpc) is 2.37. The molecule has 6 heteroatoms. The molecular formula is C13H19O5P. The fourth-order valence-electron chi connectivity index (χ4n) is 1.65. The molecule has 0 aliphatic carbocycles. The van der Waals surface area contributed by atoms with Gasteiger partial charge in [0.2, 0.25) is 0 Å². The molecule has 0 aliphatic heterocycles. The van der Waals surface area contributed by atoms with Gasteiger partial charge in [-0.3, -0.25) is 9.36 Å². The molecule has 1 rings (SSSR count). The molecule has 0 saturated carbocycles. The van der Waals surface area contributed by atoms with Crippen molar-refractivity contribution in [2.45, 2.75) is 20.0 Å². The highest BCUT2D eigenvalue weighted by molar-refractivity contribution is 7.52. The summed E-state index contributed by atoms with van der Waals surface area (Å²) in [6, 6.07) is 7.04. The van der Waals surface area contributed by atoms with Crippen molar-refractivity contribution in [3.05, 3.63) is 35.4 Å². The number of ketones is 1. The number of hydrogen-bond acceptors (Lipinski definition) is 4. The maximum atomic E-state index is 11.9. The number of carbonyl (C=O) groups is 1. The molecule has 106 valence electrons. The first-order valence-electron chi connectivity index (χ1n) is 6.06. The molecule has 0 heterocycles. The Bertz CT molecular complexity index is 472. The second-order valence-corrected chi connectivity index (χ2v) is 6.07. The van der Waals surface area contributed by atoms with E-state index in [1.54, 1.807) is 32.2 Å². The molecule has 19 heavy (non-hydrogen) atoms. The lowest BCUT2D eigenvalue weighted by Crippen LogP contribution is -2.05. The first-order valence-corrected chi connectivity index (χ1v) is 7.82. The quantitative estimate of drug-likeness (QED) is 0.587. The molecule has 1 aromatic carbocycles. The summed E-state index contributed by atoms with van der Waals surface area (Å²) in [5.41, 5.74) is 1.41. The van der Waals surface area contributed by atoms with Crippen molar-refractivity contribution >= 4 is 13.4 Å². The van der Waals surface area contributed by atoms with E-state index in [4.69, 9.17) is 9.26 Å². The summed E-state index contributed by atoms with van der Waals surface area (Å²) in [4.78, 5) is 21.3. The summed E-state index contributed by atoms with van der Waals surface area (Å²) in [5, 5.41) is 0. The highest BCUT2D eigenvalue weighted by Gasteiger charge is 2.20. The van der Waals surface area contributed by atoms with Gasteiger partial charge in [-0.1, -0.05) is 18.2 Å². The summed E-state index contributed by atoms with van der Waals surface area (Å²) in [6.45, 7) is 2.22. The van der Waals surface area contributed by atoms with Crippen LogP contribution < -0.4 is 0 Å². The van der Waals surface area contributed by atoms with Crippen LogP contribution in [-0.4, -0.2) is 30.6 Å². The number of hydrogen-bond donors (Lipinski definition) is 1. The van der Waals surface area contributed by atoms with Crippen molar-refractivity contribution in [2.75, 3.05) is 19.9 Å². The molecule has 0 aliphatic rings. The Kier molecular flexibility index (Phi) is 6.38. The fraction of sp³-hybridized carbons (Fsp3) is 0.462. The zero-order chi connectivity index (χ0) is 14.3. The van der Waals surface area contributed by atoms with Gasteiger partial charge in [-0.2, -0.15) is 0 Å². The fourth-order valence-corrected chi connectivity index (χ4v) is 2.67. The van der Waals surface area contributed by atoms with Crippen LogP contribution in [0.2, 0.25) is 0 Å². The lowest BCUT2D eigenvalue weighted by atomic mass is 10.1. The Morgan fingerprint density at radius 2 is 2.16 bits per heavy atom. The number of rotatable bonds is 8. The lowest BCUT2D eigenvalue weighted by Gasteiger charge is -2.10. The van der Waals surface area contributed by atoms with Crippen LogP contribution in [0.1, 0.15) is 29.3 Å². The molecule has 0 radical (unpaired) electrons. The lowest BCUT2D eigenvalue weighted by molar-refractivity contribution is 0.0985. The van der Waals surface area contributed by atoms with Gasteiger partial charge >= 0.3 is 7.60 Å². The van der Waals surface area contributed by atoms with Crippen LogP contribution in [0.4, 0.5) is 0 Å². The van der Waals surface area contributed by atoms with E-state index in [0.29, 0.717) is 12.2 Å². The normalized spacial score (nSPS) is 14.1. The van der Waals surface area contributed by atoms with Gasteiger partial charge in [0, 0.05) is 19.1 Å². The smallest absolute Gasteiger partial charge is 0.328 e. The van der Waals surface area contributed by atoms with Gasteiger partial charge in [0.25, 0.3) is 0 Å². The maximum absolute atomic E-state index is 11.9. The van der Waals surface area contributed by atoms with E-state index in [1.165, 1.54) is 0 Å². The molecule has 0 saturated heterocycles. The summed E-state index contributed by atoms with van der Waals surface area (Å²) in [6.07, 6.45) is -0.168. The molecule has 5 nitrogen and oxygen atoms in total. The van der Waals surface area contributed by atoms with Crippen molar-refractivity contribution in [3.8, 4) is 0 Å². The molecule has 1 aromatic rings. The topological polar surface area (TPSA) is 72.8 Å². The minimum Gasteiger partial charge on any atom is -0.380 e.